The third-order valence-electron chi connectivity index (χ3n) is 9.61. The van der Waals surface area contributed by atoms with E-state index in [-0.39, 0.29) is 46.4 Å². The summed E-state index contributed by atoms with van der Waals surface area (Å²) in [4.78, 5) is 79.1. The topological polar surface area (TPSA) is 181 Å². The largest absolute Gasteiger partial charge is 0.508 e. The van der Waals surface area contributed by atoms with E-state index in [4.69, 9.17) is 11.6 Å². The van der Waals surface area contributed by atoms with Gasteiger partial charge in [0.2, 0.25) is 23.6 Å². The zero-order valence-corrected chi connectivity index (χ0v) is 24.4. The first-order valence-electron chi connectivity index (χ1n) is 14.4. The highest BCUT2D eigenvalue weighted by Gasteiger charge is 2.62. The Balaban J connectivity index is 1.31. The molecule has 2 aliphatic carbocycles. The van der Waals surface area contributed by atoms with Gasteiger partial charge in [-0.1, -0.05) is 23.3 Å². The maximum absolute atomic E-state index is 14.1. The molecule has 0 radical (unpaired) electrons. The van der Waals surface area contributed by atoms with Crippen molar-refractivity contribution in [2.75, 3.05) is 9.80 Å². The summed E-state index contributed by atoms with van der Waals surface area (Å²) in [5, 5.41) is 33.6. The van der Waals surface area contributed by atoms with Crippen LogP contribution in [0.2, 0.25) is 5.02 Å². The fraction of sp³-hybridized carbons (Fsp3) is 0.250. The SMILES string of the molecule is O=C1C2CC=C3C(CC4C(=O)N(c5ccc([N+](=O)[O-])cc5)C(=O)C4C3c3cc(Cl)ccc3O)C2C(=O)N1c1ccc([N+](=O)[O-])cc1. The zero-order chi connectivity index (χ0) is 32.6. The maximum atomic E-state index is 14.1. The average molecular weight is 643 g/mol. The van der Waals surface area contributed by atoms with E-state index in [1.807, 2.05) is 6.08 Å². The number of fused-ring (bicyclic) bond motifs is 4. The number of nitrogens with zero attached hydrogens (tertiary/aromatic N) is 4. The summed E-state index contributed by atoms with van der Waals surface area (Å²) in [6, 6.07) is 14.5. The molecule has 0 bridgehead atoms. The Morgan fingerprint density at radius 3 is 1.76 bits per heavy atom. The molecule has 0 aromatic heterocycles. The van der Waals surface area contributed by atoms with E-state index in [1.54, 1.807) is 0 Å². The van der Waals surface area contributed by atoms with Gasteiger partial charge in [0, 0.05) is 40.8 Å². The van der Waals surface area contributed by atoms with Crippen LogP contribution in [0.25, 0.3) is 0 Å². The Labute approximate surface area is 265 Å². The molecule has 3 fully saturated rings. The summed E-state index contributed by atoms with van der Waals surface area (Å²) >= 11 is 6.34. The number of allylic oxidation sites excluding steroid dienone is 2. The third-order valence-corrected chi connectivity index (χ3v) is 9.85. The van der Waals surface area contributed by atoms with Crippen LogP contribution >= 0.6 is 11.6 Å². The molecule has 4 amide bonds. The minimum atomic E-state index is -0.982. The Kier molecular flexibility index (Phi) is 6.74. The number of nitro groups is 2. The number of imide groups is 2. The second-order valence-electron chi connectivity index (χ2n) is 11.8. The van der Waals surface area contributed by atoms with Crippen LogP contribution in [0.3, 0.4) is 0 Å². The quantitative estimate of drug-likeness (QED) is 0.175. The highest BCUT2D eigenvalue weighted by Crippen LogP contribution is 2.59. The molecule has 232 valence electrons. The van der Waals surface area contributed by atoms with Gasteiger partial charge in [-0.25, -0.2) is 0 Å². The average Bonchev–Trinajstić information content (AvgIpc) is 3.45. The van der Waals surface area contributed by atoms with Crippen LogP contribution < -0.4 is 9.80 Å². The molecule has 14 heteroatoms. The van der Waals surface area contributed by atoms with E-state index in [9.17, 15) is 44.5 Å². The second kappa shape index (κ2) is 10.6. The minimum Gasteiger partial charge on any atom is -0.508 e. The van der Waals surface area contributed by atoms with E-state index in [1.165, 1.54) is 66.7 Å². The summed E-state index contributed by atoms with van der Waals surface area (Å²) in [5.41, 5.74) is 0.854. The van der Waals surface area contributed by atoms with E-state index in [0.29, 0.717) is 11.1 Å². The number of anilines is 2. The molecule has 2 aliphatic heterocycles. The summed E-state index contributed by atoms with van der Waals surface area (Å²) in [5.74, 6) is -7.35. The van der Waals surface area contributed by atoms with E-state index >= 15 is 0 Å². The van der Waals surface area contributed by atoms with Gasteiger partial charge in [-0.3, -0.25) is 49.2 Å². The number of carbonyl (C=O) groups excluding carboxylic acids is 4. The molecule has 4 aliphatic rings. The number of non-ortho nitro benzene ring substituents is 2. The molecule has 7 rings (SSSR count). The maximum Gasteiger partial charge on any atom is 0.269 e. The molecule has 6 atom stereocenters. The first kappa shape index (κ1) is 29.3. The molecule has 13 nitrogen and oxygen atoms in total. The molecule has 3 aromatic rings. The number of rotatable bonds is 5. The van der Waals surface area contributed by atoms with Crippen molar-refractivity contribution in [3.8, 4) is 5.75 Å². The smallest absolute Gasteiger partial charge is 0.269 e. The van der Waals surface area contributed by atoms with Crippen molar-refractivity contribution in [2.45, 2.75) is 18.8 Å². The lowest BCUT2D eigenvalue weighted by Gasteiger charge is -2.44. The monoisotopic (exact) mass is 642 g/mol. The highest BCUT2D eigenvalue weighted by atomic mass is 35.5. The Morgan fingerprint density at radius 2 is 1.22 bits per heavy atom. The lowest BCUT2D eigenvalue weighted by Crippen LogP contribution is -2.43. The molecule has 46 heavy (non-hydrogen) atoms. The Hall–Kier alpha value is -5.43. The molecule has 3 aromatic carbocycles. The van der Waals surface area contributed by atoms with Gasteiger partial charge in [0.15, 0.2) is 0 Å². The summed E-state index contributed by atoms with van der Waals surface area (Å²) in [7, 11) is 0. The van der Waals surface area contributed by atoms with Crippen LogP contribution in [0.4, 0.5) is 22.7 Å². The van der Waals surface area contributed by atoms with Crippen LogP contribution in [0.15, 0.2) is 78.4 Å². The first-order chi connectivity index (χ1) is 22.0. The van der Waals surface area contributed by atoms with Crippen molar-refractivity contribution in [3.05, 3.63) is 109 Å². The zero-order valence-electron chi connectivity index (χ0n) is 23.7. The van der Waals surface area contributed by atoms with E-state index < -0.39 is 69.0 Å². The van der Waals surface area contributed by atoms with Crippen molar-refractivity contribution >= 4 is 58.0 Å². The van der Waals surface area contributed by atoms with Crippen molar-refractivity contribution in [2.24, 2.45) is 29.6 Å². The molecular weight excluding hydrogens is 620 g/mol. The van der Waals surface area contributed by atoms with E-state index in [2.05, 4.69) is 0 Å². The van der Waals surface area contributed by atoms with Gasteiger partial charge in [0.1, 0.15) is 5.75 Å². The third kappa shape index (κ3) is 4.30. The molecular formula is C32H23ClN4O9. The van der Waals surface area contributed by atoms with Crippen LogP contribution in [0, 0.1) is 49.8 Å². The van der Waals surface area contributed by atoms with Gasteiger partial charge < -0.3 is 5.11 Å². The molecule has 6 unspecified atom stereocenters. The fourth-order valence-electron chi connectivity index (χ4n) is 7.67. The van der Waals surface area contributed by atoms with Gasteiger partial charge in [0.25, 0.3) is 11.4 Å². The molecule has 1 N–H and O–H groups in total. The van der Waals surface area contributed by atoms with Crippen LogP contribution in [-0.4, -0.2) is 38.6 Å². The number of aromatic hydroxyl groups is 1. The minimum absolute atomic E-state index is 0.0661. The number of nitro benzene ring substituents is 2. The standard InChI is InChI=1S/C32H23ClN4O9/c33-15-1-12-25(38)23(13-15)26-20-10-11-21-27(31(41)34(29(21)39)16-2-6-18(7-3-16)36(43)44)22(20)14-24-28(26)32(42)35(30(24)40)17-4-8-19(9-5-17)37(45)46/h1-10,12-13,21-22,24,26-28,38H,11,14H2. The summed E-state index contributed by atoms with van der Waals surface area (Å²) in [6.07, 6.45) is 2.04. The van der Waals surface area contributed by atoms with Crippen LogP contribution in [-0.2, 0) is 19.2 Å². The van der Waals surface area contributed by atoms with Crippen molar-refractivity contribution < 1.29 is 34.1 Å². The lowest BCUT2D eigenvalue weighted by atomic mass is 9.57. The van der Waals surface area contributed by atoms with Crippen LogP contribution in [0.5, 0.6) is 5.75 Å². The lowest BCUT2D eigenvalue weighted by molar-refractivity contribution is -0.385. The van der Waals surface area contributed by atoms with Gasteiger partial charge in [0.05, 0.1) is 44.9 Å². The van der Waals surface area contributed by atoms with Gasteiger partial charge in [-0.2, -0.15) is 0 Å². The fourth-order valence-corrected chi connectivity index (χ4v) is 7.85. The van der Waals surface area contributed by atoms with E-state index in [0.717, 1.165) is 9.80 Å². The van der Waals surface area contributed by atoms with Gasteiger partial charge >= 0.3 is 0 Å². The van der Waals surface area contributed by atoms with Crippen molar-refractivity contribution in [1.29, 1.82) is 0 Å². The predicted molar refractivity (Wildman–Crippen MR) is 162 cm³/mol. The Bertz CT molecular complexity index is 1910. The number of amides is 4. The molecule has 0 spiro atoms. The van der Waals surface area contributed by atoms with Crippen molar-refractivity contribution in [3.63, 3.8) is 0 Å². The number of phenolic OH excluding ortho intramolecular Hbond substituents is 1. The normalized spacial score (nSPS) is 26.8. The number of benzene rings is 3. The number of halogens is 1. The highest BCUT2D eigenvalue weighted by molar-refractivity contribution is 6.30. The predicted octanol–water partition coefficient (Wildman–Crippen LogP) is 4.91. The van der Waals surface area contributed by atoms with Gasteiger partial charge in [-0.05, 0) is 61.2 Å². The second-order valence-corrected chi connectivity index (χ2v) is 12.2. The number of carbonyl (C=O) groups is 4. The van der Waals surface area contributed by atoms with Crippen molar-refractivity contribution in [1.82, 2.24) is 0 Å². The molecule has 2 heterocycles. The summed E-state index contributed by atoms with van der Waals surface area (Å²) < 4.78 is 0. The summed E-state index contributed by atoms with van der Waals surface area (Å²) in [6.45, 7) is 0. The van der Waals surface area contributed by atoms with Gasteiger partial charge in [-0.15, -0.1) is 0 Å². The molecule has 1 saturated carbocycles. The Morgan fingerprint density at radius 1 is 0.696 bits per heavy atom. The number of phenols is 1. The first-order valence-corrected chi connectivity index (χ1v) is 14.8. The molecule has 2 saturated heterocycles. The van der Waals surface area contributed by atoms with Crippen LogP contribution in [0.1, 0.15) is 24.3 Å². The number of hydrogen-bond donors (Lipinski definition) is 1. The number of hydrogen-bond acceptors (Lipinski definition) is 9.